The predicted octanol–water partition coefficient (Wildman–Crippen LogP) is 2.59. The number of benzene rings is 1. The number of nitrogens with zero attached hydrogens (tertiary/aromatic N) is 2. The first-order valence-electron chi connectivity index (χ1n) is 5.20. The van der Waals surface area contributed by atoms with Crippen molar-refractivity contribution in [2.45, 2.75) is 12.8 Å². The van der Waals surface area contributed by atoms with Gasteiger partial charge in [-0.1, -0.05) is 18.5 Å². The molecule has 3 nitrogen and oxygen atoms in total. The summed E-state index contributed by atoms with van der Waals surface area (Å²) in [6, 6.07) is 7.65. The van der Waals surface area contributed by atoms with Gasteiger partial charge in [0.05, 0.1) is 12.0 Å². The fourth-order valence-electron chi connectivity index (χ4n) is 1.47. The van der Waals surface area contributed by atoms with Crippen LogP contribution in [0.4, 0.5) is 0 Å². The fourth-order valence-corrected chi connectivity index (χ4v) is 1.59. The van der Waals surface area contributed by atoms with Gasteiger partial charge in [0.2, 0.25) is 0 Å². The average Bonchev–Trinajstić information content (AvgIpc) is 2.78. The highest BCUT2D eigenvalue weighted by Gasteiger charge is 2.07. The van der Waals surface area contributed by atoms with Crippen molar-refractivity contribution in [2.75, 3.05) is 6.54 Å². The fraction of sp³-hybridized carbons (Fsp3) is 0.250. The van der Waals surface area contributed by atoms with E-state index in [1.807, 2.05) is 35.0 Å². The van der Waals surface area contributed by atoms with Gasteiger partial charge in [-0.2, -0.15) is 0 Å². The minimum Gasteiger partial charge on any atom is -0.330 e. The molecular formula is C12H14ClN3. The zero-order chi connectivity index (χ0) is 11.5. The number of nitrogens with two attached hydrogens (primary N) is 1. The maximum atomic E-state index is 5.84. The Balaban J connectivity index is 2.28. The third kappa shape index (κ3) is 2.26. The Morgan fingerprint density at radius 1 is 1.38 bits per heavy atom. The van der Waals surface area contributed by atoms with Crippen LogP contribution < -0.4 is 5.73 Å². The average molecular weight is 236 g/mol. The standard InChI is InChI=1S/C12H14ClN3/c1-9(6-14)12-7-16(8-15-12)11-4-2-10(13)3-5-11/h2-5,7-9H,6,14H2,1H3. The van der Waals surface area contributed by atoms with Gasteiger partial charge in [0.1, 0.15) is 0 Å². The first kappa shape index (κ1) is 11.2. The van der Waals surface area contributed by atoms with Gasteiger partial charge < -0.3 is 10.3 Å². The van der Waals surface area contributed by atoms with E-state index in [1.54, 1.807) is 6.33 Å². The molecule has 0 aliphatic heterocycles. The molecule has 0 saturated heterocycles. The van der Waals surface area contributed by atoms with Gasteiger partial charge in [-0.3, -0.25) is 0 Å². The summed E-state index contributed by atoms with van der Waals surface area (Å²) in [5.74, 6) is 0.286. The molecule has 0 radical (unpaired) electrons. The van der Waals surface area contributed by atoms with Gasteiger partial charge in [0, 0.05) is 29.4 Å². The van der Waals surface area contributed by atoms with Crippen LogP contribution in [-0.2, 0) is 0 Å². The number of imidazole rings is 1. The second-order valence-electron chi connectivity index (χ2n) is 3.82. The highest BCUT2D eigenvalue weighted by molar-refractivity contribution is 6.30. The summed E-state index contributed by atoms with van der Waals surface area (Å²) in [6.07, 6.45) is 3.80. The van der Waals surface area contributed by atoms with Crippen molar-refractivity contribution < 1.29 is 0 Å². The molecule has 0 saturated carbocycles. The third-order valence-corrected chi connectivity index (χ3v) is 2.84. The van der Waals surface area contributed by atoms with Crippen LogP contribution in [0.25, 0.3) is 5.69 Å². The van der Waals surface area contributed by atoms with Gasteiger partial charge >= 0.3 is 0 Å². The van der Waals surface area contributed by atoms with E-state index < -0.39 is 0 Å². The van der Waals surface area contributed by atoms with Gasteiger partial charge in [0.15, 0.2) is 0 Å². The van der Waals surface area contributed by atoms with Gasteiger partial charge in [-0.25, -0.2) is 4.98 Å². The zero-order valence-corrected chi connectivity index (χ0v) is 9.85. The number of hydrogen-bond acceptors (Lipinski definition) is 2. The van der Waals surface area contributed by atoms with Crippen molar-refractivity contribution in [1.82, 2.24) is 9.55 Å². The van der Waals surface area contributed by atoms with E-state index in [-0.39, 0.29) is 5.92 Å². The molecule has 1 aromatic heterocycles. The van der Waals surface area contributed by atoms with Crippen LogP contribution in [0.5, 0.6) is 0 Å². The normalized spacial score (nSPS) is 12.7. The summed E-state index contributed by atoms with van der Waals surface area (Å²) >= 11 is 5.84. The lowest BCUT2D eigenvalue weighted by Gasteiger charge is -2.03. The van der Waals surface area contributed by atoms with Crippen molar-refractivity contribution in [2.24, 2.45) is 5.73 Å². The van der Waals surface area contributed by atoms with Crippen LogP contribution in [-0.4, -0.2) is 16.1 Å². The molecule has 1 aromatic carbocycles. The van der Waals surface area contributed by atoms with Crippen LogP contribution in [0.15, 0.2) is 36.8 Å². The predicted molar refractivity (Wildman–Crippen MR) is 66.0 cm³/mol. The Bertz CT molecular complexity index is 461. The Morgan fingerprint density at radius 3 is 2.69 bits per heavy atom. The number of halogens is 1. The third-order valence-electron chi connectivity index (χ3n) is 2.59. The molecule has 2 N–H and O–H groups in total. The molecule has 2 aromatic rings. The zero-order valence-electron chi connectivity index (χ0n) is 9.10. The topological polar surface area (TPSA) is 43.8 Å². The Morgan fingerprint density at radius 2 is 2.06 bits per heavy atom. The minimum absolute atomic E-state index is 0.286. The van der Waals surface area contributed by atoms with Crippen LogP contribution in [0, 0.1) is 0 Å². The quantitative estimate of drug-likeness (QED) is 0.889. The maximum absolute atomic E-state index is 5.84. The van der Waals surface area contributed by atoms with E-state index in [9.17, 15) is 0 Å². The Kier molecular flexibility index (Phi) is 3.27. The summed E-state index contributed by atoms with van der Waals surface area (Å²) in [4.78, 5) is 4.34. The monoisotopic (exact) mass is 235 g/mol. The molecule has 1 heterocycles. The Hall–Kier alpha value is -1.32. The molecule has 0 spiro atoms. The molecule has 4 heteroatoms. The van der Waals surface area contributed by atoms with Crippen LogP contribution in [0.2, 0.25) is 5.02 Å². The summed E-state index contributed by atoms with van der Waals surface area (Å²) in [5, 5.41) is 0.736. The van der Waals surface area contributed by atoms with E-state index in [0.717, 1.165) is 16.4 Å². The van der Waals surface area contributed by atoms with E-state index in [4.69, 9.17) is 17.3 Å². The number of aromatic nitrogens is 2. The number of hydrogen-bond donors (Lipinski definition) is 1. The molecule has 0 amide bonds. The van der Waals surface area contributed by atoms with Crippen LogP contribution in [0.3, 0.4) is 0 Å². The molecule has 84 valence electrons. The van der Waals surface area contributed by atoms with E-state index in [1.165, 1.54) is 0 Å². The molecule has 0 fully saturated rings. The van der Waals surface area contributed by atoms with Crippen molar-refractivity contribution in [3.05, 3.63) is 47.5 Å². The second-order valence-corrected chi connectivity index (χ2v) is 4.26. The SMILES string of the molecule is CC(CN)c1cn(-c2ccc(Cl)cc2)cn1. The van der Waals surface area contributed by atoms with E-state index in [2.05, 4.69) is 11.9 Å². The molecule has 16 heavy (non-hydrogen) atoms. The molecule has 0 bridgehead atoms. The largest absolute Gasteiger partial charge is 0.330 e. The van der Waals surface area contributed by atoms with Crippen LogP contribution in [0.1, 0.15) is 18.5 Å². The van der Waals surface area contributed by atoms with Gasteiger partial charge in [-0.15, -0.1) is 0 Å². The molecule has 2 rings (SSSR count). The first-order chi connectivity index (χ1) is 7.70. The number of rotatable bonds is 3. The molecule has 0 aliphatic carbocycles. The van der Waals surface area contributed by atoms with Gasteiger partial charge in [0.25, 0.3) is 0 Å². The van der Waals surface area contributed by atoms with Crippen molar-refractivity contribution >= 4 is 11.6 Å². The Labute approximate surface area is 99.9 Å². The molecular weight excluding hydrogens is 222 g/mol. The summed E-state index contributed by atoms with van der Waals surface area (Å²) in [6.45, 7) is 2.67. The summed E-state index contributed by atoms with van der Waals surface area (Å²) in [5.41, 5.74) is 7.67. The second kappa shape index (κ2) is 4.68. The summed E-state index contributed by atoms with van der Waals surface area (Å²) in [7, 11) is 0. The lowest BCUT2D eigenvalue weighted by molar-refractivity contribution is 0.750. The molecule has 1 atom stereocenters. The van der Waals surface area contributed by atoms with Gasteiger partial charge in [-0.05, 0) is 24.3 Å². The summed E-state index contributed by atoms with van der Waals surface area (Å²) < 4.78 is 1.97. The van der Waals surface area contributed by atoms with Crippen LogP contribution >= 0.6 is 11.6 Å². The molecule has 1 unspecified atom stereocenters. The first-order valence-corrected chi connectivity index (χ1v) is 5.58. The maximum Gasteiger partial charge on any atom is 0.0995 e. The minimum atomic E-state index is 0.286. The lowest BCUT2D eigenvalue weighted by atomic mass is 10.1. The van der Waals surface area contributed by atoms with E-state index >= 15 is 0 Å². The van der Waals surface area contributed by atoms with E-state index in [0.29, 0.717) is 6.54 Å². The van der Waals surface area contributed by atoms with Crippen molar-refractivity contribution in [3.63, 3.8) is 0 Å². The van der Waals surface area contributed by atoms with Crippen molar-refractivity contribution in [3.8, 4) is 5.69 Å². The molecule has 0 aliphatic rings. The highest BCUT2D eigenvalue weighted by atomic mass is 35.5. The highest BCUT2D eigenvalue weighted by Crippen LogP contribution is 2.16. The lowest BCUT2D eigenvalue weighted by Crippen LogP contribution is -2.08. The smallest absolute Gasteiger partial charge is 0.0995 e. The van der Waals surface area contributed by atoms with Crippen molar-refractivity contribution in [1.29, 1.82) is 0 Å².